The van der Waals surface area contributed by atoms with Gasteiger partial charge in [-0.2, -0.15) is 17.6 Å². The highest BCUT2D eigenvalue weighted by Gasteiger charge is 2.45. The zero-order chi connectivity index (χ0) is 28.9. The Morgan fingerprint density at radius 1 is 0.925 bits per heavy atom. The molecule has 4 rings (SSSR count). The van der Waals surface area contributed by atoms with Crippen LogP contribution in [0.1, 0.15) is 36.0 Å². The van der Waals surface area contributed by atoms with Crippen LogP contribution in [0.3, 0.4) is 0 Å². The topological polar surface area (TPSA) is 50.4 Å². The second kappa shape index (κ2) is 12.2. The molecule has 0 aliphatic heterocycles. The summed E-state index contributed by atoms with van der Waals surface area (Å²) in [5, 5.41) is 5.38. The van der Waals surface area contributed by atoms with Gasteiger partial charge in [-0.15, -0.1) is 0 Å². The summed E-state index contributed by atoms with van der Waals surface area (Å²) in [6.45, 7) is 0.00988. The van der Waals surface area contributed by atoms with Crippen molar-refractivity contribution in [2.45, 2.75) is 49.9 Å². The zero-order valence-corrected chi connectivity index (χ0v) is 21.2. The molecule has 3 atom stereocenters. The number of benzene rings is 3. The predicted octanol–water partition coefficient (Wildman–Crippen LogP) is 7.13. The number of halogens is 7. The quantitative estimate of drug-likeness (QED) is 0.256. The van der Waals surface area contributed by atoms with Crippen LogP contribution in [0.5, 0.6) is 5.75 Å². The highest BCUT2D eigenvalue weighted by Crippen LogP contribution is 2.38. The van der Waals surface area contributed by atoms with Crippen LogP contribution in [0.15, 0.2) is 72.8 Å². The second-order valence-corrected chi connectivity index (χ2v) is 9.76. The van der Waals surface area contributed by atoms with E-state index in [9.17, 15) is 35.5 Å². The van der Waals surface area contributed by atoms with Crippen LogP contribution >= 0.6 is 0 Å². The highest BCUT2D eigenvalue weighted by molar-refractivity contribution is 5.76. The van der Waals surface area contributed by atoms with E-state index in [1.807, 2.05) is 0 Å². The Morgan fingerprint density at radius 2 is 1.62 bits per heavy atom. The normalized spacial score (nSPS) is 18.8. The molecule has 0 spiro atoms. The van der Waals surface area contributed by atoms with Gasteiger partial charge in [0.25, 0.3) is 0 Å². The lowest BCUT2D eigenvalue weighted by Crippen LogP contribution is -2.53. The SMILES string of the molecule is O=C(NC[C@@H]1CCC[C@@H]1F)N[C@](Cc1ccccc1)(c1ccc(F)cc1)c1cc(F)cc(OC(F)(F)C(F)F)c1. The Balaban J connectivity index is 1.81. The third-order valence-electron chi connectivity index (χ3n) is 6.94. The largest absolute Gasteiger partial charge is 0.461 e. The number of amides is 2. The molecular formula is C29H27F7N2O2. The van der Waals surface area contributed by atoms with Crippen molar-refractivity contribution in [2.24, 2.45) is 5.92 Å². The number of carbonyl (C=O) groups is 1. The van der Waals surface area contributed by atoms with E-state index in [0.29, 0.717) is 30.9 Å². The standard InChI is InChI=1S/C29H27F7N2O2/c30-22-11-9-20(10-12-22)28(16-18-5-2-1-3-6-18,38-27(39)37-17-19-7-4-8-25(19)32)21-13-23(31)15-24(14-21)40-29(35,36)26(33)34/h1-3,5-6,9-15,19,25-26H,4,7-8,16-17H2,(H2,37,38,39)/t19-,25-,28+/m0/s1. The monoisotopic (exact) mass is 568 g/mol. The summed E-state index contributed by atoms with van der Waals surface area (Å²) in [5.74, 6) is -3.03. The van der Waals surface area contributed by atoms with Crippen molar-refractivity contribution in [3.8, 4) is 5.75 Å². The molecule has 0 heterocycles. The molecule has 0 saturated heterocycles. The van der Waals surface area contributed by atoms with Crippen molar-refractivity contribution in [2.75, 3.05) is 6.54 Å². The van der Waals surface area contributed by atoms with Crippen LogP contribution < -0.4 is 15.4 Å². The molecular weight excluding hydrogens is 541 g/mol. The van der Waals surface area contributed by atoms with Crippen LogP contribution in [0.4, 0.5) is 35.5 Å². The zero-order valence-electron chi connectivity index (χ0n) is 21.2. The molecule has 0 aromatic heterocycles. The molecule has 1 aliphatic carbocycles. The van der Waals surface area contributed by atoms with Gasteiger partial charge >= 0.3 is 18.6 Å². The van der Waals surface area contributed by atoms with Crippen molar-refractivity contribution in [3.05, 3.63) is 101 Å². The van der Waals surface area contributed by atoms with E-state index in [1.165, 1.54) is 12.1 Å². The first-order chi connectivity index (χ1) is 19.0. The van der Waals surface area contributed by atoms with E-state index in [4.69, 9.17) is 0 Å². The third-order valence-corrected chi connectivity index (χ3v) is 6.94. The number of alkyl halides is 5. The highest BCUT2D eigenvalue weighted by atomic mass is 19.3. The van der Waals surface area contributed by atoms with Gasteiger partial charge in [0.1, 0.15) is 23.6 Å². The summed E-state index contributed by atoms with van der Waals surface area (Å²) in [6, 6.07) is 15.0. The molecule has 40 heavy (non-hydrogen) atoms. The van der Waals surface area contributed by atoms with E-state index in [0.717, 1.165) is 24.3 Å². The molecule has 4 nitrogen and oxygen atoms in total. The number of carbonyl (C=O) groups excluding carboxylic acids is 1. The van der Waals surface area contributed by atoms with E-state index in [-0.39, 0.29) is 24.1 Å². The van der Waals surface area contributed by atoms with Crippen molar-refractivity contribution in [1.29, 1.82) is 0 Å². The van der Waals surface area contributed by atoms with Gasteiger partial charge in [-0.25, -0.2) is 18.0 Å². The van der Waals surface area contributed by atoms with Crippen molar-refractivity contribution in [3.63, 3.8) is 0 Å². The fraction of sp³-hybridized carbons (Fsp3) is 0.345. The fourth-order valence-electron chi connectivity index (χ4n) is 4.95. The van der Waals surface area contributed by atoms with Gasteiger partial charge in [0.15, 0.2) is 0 Å². The maximum Gasteiger partial charge on any atom is 0.461 e. The molecule has 1 fully saturated rings. The third kappa shape index (κ3) is 6.86. The summed E-state index contributed by atoms with van der Waals surface area (Å²) in [5.41, 5.74) is -1.03. The van der Waals surface area contributed by atoms with Gasteiger partial charge < -0.3 is 15.4 Å². The summed E-state index contributed by atoms with van der Waals surface area (Å²) >= 11 is 0. The number of hydrogen-bond acceptors (Lipinski definition) is 2. The molecule has 2 N–H and O–H groups in total. The molecule has 3 aromatic carbocycles. The minimum absolute atomic E-state index is 0.00988. The van der Waals surface area contributed by atoms with Crippen molar-refractivity contribution in [1.82, 2.24) is 10.6 Å². The first-order valence-corrected chi connectivity index (χ1v) is 12.6. The fourth-order valence-corrected chi connectivity index (χ4v) is 4.95. The smallest absolute Gasteiger partial charge is 0.428 e. The van der Waals surface area contributed by atoms with Crippen molar-refractivity contribution < 1.29 is 40.3 Å². The molecule has 1 aliphatic rings. The van der Waals surface area contributed by atoms with Gasteiger partial charge in [0, 0.05) is 24.9 Å². The Labute approximate surface area is 226 Å². The van der Waals surface area contributed by atoms with Gasteiger partial charge in [0.05, 0.1) is 5.54 Å². The Bertz CT molecular complexity index is 1290. The molecule has 1 saturated carbocycles. The van der Waals surface area contributed by atoms with Gasteiger partial charge in [-0.1, -0.05) is 48.9 Å². The van der Waals surface area contributed by atoms with Gasteiger partial charge in [-0.05, 0) is 53.8 Å². The number of urea groups is 1. The average molecular weight is 569 g/mol. The Hall–Kier alpha value is -3.76. The lowest BCUT2D eigenvalue weighted by Gasteiger charge is -2.37. The summed E-state index contributed by atoms with van der Waals surface area (Å²) in [4.78, 5) is 13.3. The van der Waals surface area contributed by atoms with Crippen molar-refractivity contribution >= 4 is 6.03 Å². The minimum atomic E-state index is -4.92. The van der Waals surface area contributed by atoms with Crippen LogP contribution in [0.2, 0.25) is 0 Å². The van der Waals surface area contributed by atoms with E-state index in [2.05, 4.69) is 15.4 Å². The molecule has 0 unspecified atom stereocenters. The van der Waals surface area contributed by atoms with Crippen LogP contribution in [-0.4, -0.2) is 31.3 Å². The van der Waals surface area contributed by atoms with E-state index >= 15 is 0 Å². The van der Waals surface area contributed by atoms with E-state index < -0.39 is 53.6 Å². The molecule has 11 heteroatoms. The summed E-state index contributed by atoms with van der Waals surface area (Å²) < 4.78 is 100. The maximum atomic E-state index is 14.8. The van der Waals surface area contributed by atoms with Crippen LogP contribution in [-0.2, 0) is 12.0 Å². The lowest BCUT2D eigenvalue weighted by atomic mass is 9.77. The Morgan fingerprint density at radius 3 is 2.25 bits per heavy atom. The molecule has 0 bridgehead atoms. The first-order valence-electron chi connectivity index (χ1n) is 12.6. The Kier molecular flexibility index (Phi) is 8.90. The summed E-state index contributed by atoms with van der Waals surface area (Å²) in [7, 11) is 0. The average Bonchev–Trinajstić information content (AvgIpc) is 3.32. The number of ether oxygens (including phenoxy) is 1. The summed E-state index contributed by atoms with van der Waals surface area (Å²) in [6.07, 6.45) is -8.63. The number of nitrogens with one attached hydrogen (secondary N) is 2. The lowest BCUT2D eigenvalue weighted by molar-refractivity contribution is -0.253. The van der Waals surface area contributed by atoms with E-state index in [1.54, 1.807) is 30.3 Å². The molecule has 0 radical (unpaired) electrons. The first kappa shape index (κ1) is 29.2. The second-order valence-electron chi connectivity index (χ2n) is 9.76. The molecule has 2 amide bonds. The maximum absolute atomic E-state index is 14.8. The van der Waals surface area contributed by atoms with Crippen LogP contribution in [0, 0.1) is 17.6 Å². The molecule has 214 valence electrons. The molecule has 3 aromatic rings. The van der Waals surface area contributed by atoms with Gasteiger partial charge in [-0.3, -0.25) is 0 Å². The number of hydrogen-bond donors (Lipinski definition) is 2. The van der Waals surface area contributed by atoms with Crippen LogP contribution in [0.25, 0.3) is 0 Å². The minimum Gasteiger partial charge on any atom is -0.428 e. The van der Waals surface area contributed by atoms with Gasteiger partial charge in [0.2, 0.25) is 0 Å². The predicted molar refractivity (Wildman–Crippen MR) is 134 cm³/mol. The number of rotatable bonds is 10.